The van der Waals surface area contributed by atoms with Crippen molar-refractivity contribution in [1.29, 1.82) is 0 Å². The van der Waals surface area contributed by atoms with Crippen molar-refractivity contribution >= 4 is 40.0 Å². The maximum atomic E-state index is 11.8. The van der Waals surface area contributed by atoms with Crippen molar-refractivity contribution in [2.45, 2.75) is 36.6 Å². The lowest BCUT2D eigenvalue weighted by atomic mass is 9.96. The van der Waals surface area contributed by atoms with Gasteiger partial charge in [-0.25, -0.2) is 18.1 Å². The minimum Gasteiger partial charge on any atom is -0.357 e. The summed E-state index contributed by atoms with van der Waals surface area (Å²) >= 11 is 0. The van der Waals surface area contributed by atoms with Crippen LogP contribution in [-0.2, 0) is 22.0 Å². The summed E-state index contributed by atoms with van der Waals surface area (Å²) in [5.41, 5.74) is 2.54. The molecule has 158 valence electrons. The first-order valence-electron chi connectivity index (χ1n) is 9.59. The van der Waals surface area contributed by atoms with Crippen LogP contribution in [0.25, 0.3) is 0 Å². The molecule has 2 aromatic carbocycles. The summed E-state index contributed by atoms with van der Waals surface area (Å²) in [6.45, 7) is 4.15. The van der Waals surface area contributed by atoms with Crippen LogP contribution >= 0.6 is 24.0 Å². The zero-order valence-corrected chi connectivity index (χ0v) is 20.0. The second-order valence-electron chi connectivity index (χ2n) is 7.05. The van der Waals surface area contributed by atoms with Gasteiger partial charge in [-0.05, 0) is 50.1 Å². The van der Waals surface area contributed by atoms with Gasteiger partial charge in [-0.15, -0.1) is 24.0 Å². The van der Waals surface area contributed by atoms with Gasteiger partial charge in [0.15, 0.2) is 5.96 Å². The van der Waals surface area contributed by atoms with Crippen LogP contribution in [0.3, 0.4) is 0 Å². The number of hydrogen-bond acceptors (Lipinski definition) is 3. The molecule has 0 bridgehead atoms. The molecule has 0 spiro atoms. The Morgan fingerprint density at radius 1 is 1.03 bits per heavy atom. The summed E-state index contributed by atoms with van der Waals surface area (Å²) < 4.78 is 25.9. The van der Waals surface area contributed by atoms with E-state index in [4.69, 9.17) is 0 Å². The zero-order chi connectivity index (χ0) is 20.0. The van der Waals surface area contributed by atoms with Gasteiger partial charge in [0.2, 0.25) is 10.0 Å². The highest BCUT2D eigenvalue weighted by molar-refractivity contribution is 14.0. The second-order valence-corrected chi connectivity index (χ2v) is 8.93. The maximum Gasteiger partial charge on any atom is 0.240 e. The van der Waals surface area contributed by atoms with Crippen molar-refractivity contribution in [1.82, 2.24) is 15.4 Å². The van der Waals surface area contributed by atoms with E-state index in [1.807, 2.05) is 13.0 Å². The molecule has 2 aromatic rings. The third kappa shape index (κ3) is 6.16. The quantitative estimate of drug-likeness (QED) is 0.280. The minimum atomic E-state index is -3.41. The average molecular weight is 528 g/mol. The fraction of sp³-hybridized carbons (Fsp3) is 0.381. The molecule has 0 aliphatic heterocycles. The molecule has 3 rings (SSSR count). The minimum absolute atomic E-state index is 0. The lowest BCUT2D eigenvalue weighted by Gasteiger charge is -2.19. The molecule has 29 heavy (non-hydrogen) atoms. The molecule has 8 heteroatoms. The van der Waals surface area contributed by atoms with Gasteiger partial charge in [-0.3, -0.25) is 0 Å². The van der Waals surface area contributed by atoms with E-state index < -0.39 is 10.0 Å². The fourth-order valence-electron chi connectivity index (χ4n) is 3.17. The van der Waals surface area contributed by atoms with Crippen molar-refractivity contribution < 1.29 is 8.42 Å². The lowest BCUT2D eigenvalue weighted by molar-refractivity contribution is 0.588. The van der Waals surface area contributed by atoms with Gasteiger partial charge in [0.1, 0.15) is 0 Å². The molecule has 0 aromatic heterocycles. The van der Waals surface area contributed by atoms with Crippen LogP contribution in [0, 0.1) is 0 Å². The number of benzene rings is 2. The third-order valence-corrected chi connectivity index (χ3v) is 6.53. The molecule has 0 atom stereocenters. The molecule has 1 fully saturated rings. The van der Waals surface area contributed by atoms with Crippen LogP contribution in [0.1, 0.15) is 30.9 Å². The van der Waals surface area contributed by atoms with Crippen LogP contribution in [-0.4, -0.2) is 34.5 Å². The van der Waals surface area contributed by atoms with Gasteiger partial charge in [-0.1, -0.05) is 42.5 Å². The standard InChI is InChI=1S/C21H28N4O2S.HI/c1-3-23-20(25-16-21(13-14-21)18-7-5-4-6-8-18)24-15-17-9-11-19(12-10-17)28(26,27)22-2;/h4-12,22H,3,13-16H2,1-2H3,(H2,23,24,25);1H. The molecular weight excluding hydrogens is 499 g/mol. The maximum absolute atomic E-state index is 11.8. The van der Waals surface area contributed by atoms with Crippen LogP contribution in [0.2, 0.25) is 0 Å². The fourth-order valence-corrected chi connectivity index (χ4v) is 3.90. The van der Waals surface area contributed by atoms with E-state index in [9.17, 15) is 8.42 Å². The van der Waals surface area contributed by atoms with Gasteiger partial charge in [-0.2, -0.15) is 0 Å². The summed E-state index contributed by atoms with van der Waals surface area (Å²) in [6.07, 6.45) is 2.37. The van der Waals surface area contributed by atoms with Crippen LogP contribution in [0.5, 0.6) is 0 Å². The Morgan fingerprint density at radius 2 is 1.69 bits per heavy atom. The van der Waals surface area contributed by atoms with E-state index in [-0.39, 0.29) is 34.3 Å². The molecule has 1 aliphatic carbocycles. The van der Waals surface area contributed by atoms with Crippen molar-refractivity contribution in [2.75, 3.05) is 20.1 Å². The molecule has 3 N–H and O–H groups in total. The number of aliphatic imine (C=N–C) groups is 1. The normalized spacial score (nSPS) is 15.3. The number of hydrogen-bond donors (Lipinski definition) is 3. The predicted octanol–water partition coefficient (Wildman–Crippen LogP) is 3.00. The van der Waals surface area contributed by atoms with E-state index in [0.717, 1.165) is 24.6 Å². The molecule has 0 unspecified atom stereocenters. The van der Waals surface area contributed by atoms with Crippen molar-refractivity contribution in [2.24, 2.45) is 4.99 Å². The van der Waals surface area contributed by atoms with Crippen LogP contribution in [0.4, 0.5) is 0 Å². The molecule has 6 nitrogen and oxygen atoms in total. The monoisotopic (exact) mass is 528 g/mol. The lowest BCUT2D eigenvalue weighted by Crippen LogP contribution is -2.41. The molecule has 1 saturated carbocycles. The highest BCUT2D eigenvalue weighted by atomic mass is 127. The highest BCUT2D eigenvalue weighted by Crippen LogP contribution is 2.47. The van der Waals surface area contributed by atoms with E-state index in [1.165, 1.54) is 25.5 Å². The first-order valence-corrected chi connectivity index (χ1v) is 11.1. The number of rotatable bonds is 8. The topological polar surface area (TPSA) is 82.6 Å². The highest BCUT2D eigenvalue weighted by Gasteiger charge is 2.43. The Kier molecular flexibility index (Phi) is 8.47. The number of halogens is 1. The summed E-state index contributed by atoms with van der Waals surface area (Å²) in [6, 6.07) is 17.4. The van der Waals surface area contributed by atoms with Gasteiger partial charge >= 0.3 is 0 Å². The first-order chi connectivity index (χ1) is 13.5. The van der Waals surface area contributed by atoms with Crippen molar-refractivity contribution in [3.63, 3.8) is 0 Å². The summed E-state index contributed by atoms with van der Waals surface area (Å²) in [5, 5.41) is 6.75. The van der Waals surface area contributed by atoms with Gasteiger partial charge in [0.05, 0.1) is 11.4 Å². The number of sulfonamides is 1. The number of nitrogens with zero attached hydrogens (tertiary/aromatic N) is 1. The van der Waals surface area contributed by atoms with E-state index >= 15 is 0 Å². The van der Waals surface area contributed by atoms with Gasteiger partial charge in [0, 0.05) is 18.5 Å². The molecule has 0 amide bonds. The van der Waals surface area contributed by atoms with Crippen molar-refractivity contribution in [3.8, 4) is 0 Å². The molecule has 0 saturated heterocycles. The van der Waals surface area contributed by atoms with Crippen LogP contribution < -0.4 is 15.4 Å². The van der Waals surface area contributed by atoms with E-state index in [0.29, 0.717) is 6.54 Å². The average Bonchev–Trinajstić information content (AvgIpc) is 3.52. The summed E-state index contributed by atoms with van der Waals surface area (Å²) in [5.74, 6) is 0.775. The summed E-state index contributed by atoms with van der Waals surface area (Å²) in [4.78, 5) is 4.91. The number of guanidine groups is 1. The molecule has 1 aliphatic rings. The molecule has 0 heterocycles. The van der Waals surface area contributed by atoms with Crippen molar-refractivity contribution in [3.05, 3.63) is 65.7 Å². The Bertz CT molecular complexity index is 911. The molecular formula is C21H29IN4O2S. The second kappa shape index (κ2) is 10.4. The Labute approximate surface area is 190 Å². The zero-order valence-electron chi connectivity index (χ0n) is 16.8. The number of nitrogens with one attached hydrogen (secondary N) is 3. The van der Waals surface area contributed by atoms with Crippen LogP contribution in [0.15, 0.2) is 64.5 Å². The smallest absolute Gasteiger partial charge is 0.240 e. The van der Waals surface area contributed by atoms with E-state index in [1.54, 1.807) is 24.3 Å². The third-order valence-electron chi connectivity index (χ3n) is 5.10. The Balaban J connectivity index is 0.00000300. The van der Waals surface area contributed by atoms with E-state index in [2.05, 4.69) is 44.6 Å². The molecule has 0 radical (unpaired) electrons. The Hall–Kier alpha value is -1.65. The Morgan fingerprint density at radius 3 is 2.24 bits per heavy atom. The summed E-state index contributed by atoms with van der Waals surface area (Å²) in [7, 11) is -2.00. The first kappa shape index (κ1) is 23.6. The largest absolute Gasteiger partial charge is 0.357 e. The van der Waals surface area contributed by atoms with Gasteiger partial charge in [0.25, 0.3) is 0 Å². The van der Waals surface area contributed by atoms with Gasteiger partial charge < -0.3 is 10.6 Å². The predicted molar refractivity (Wildman–Crippen MR) is 128 cm³/mol. The SMILES string of the molecule is CCNC(=NCc1ccc(S(=O)(=O)NC)cc1)NCC1(c2ccccc2)CC1.I.